The van der Waals surface area contributed by atoms with Crippen molar-refractivity contribution in [3.8, 4) is 6.07 Å². The van der Waals surface area contributed by atoms with E-state index in [-0.39, 0.29) is 0 Å². The normalized spacial score (nSPS) is 17.0. The van der Waals surface area contributed by atoms with E-state index in [1.54, 1.807) is 0 Å². The van der Waals surface area contributed by atoms with Crippen LogP contribution in [-0.2, 0) is 13.1 Å². The summed E-state index contributed by atoms with van der Waals surface area (Å²) in [4.78, 5) is 7.35. The van der Waals surface area contributed by atoms with Gasteiger partial charge in [-0.05, 0) is 56.5 Å². The molecule has 3 rings (SSSR count). The molecule has 2 heterocycles. The van der Waals surface area contributed by atoms with E-state index in [0.29, 0.717) is 6.42 Å². The van der Waals surface area contributed by atoms with Gasteiger partial charge in [-0.2, -0.15) is 5.26 Å². The van der Waals surface area contributed by atoms with Crippen molar-refractivity contribution < 1.29 is 0 Å². The number of piperidine rings is 1. The first kappa shape index (κ1) is 15.1. The van der Waals surface area contributed by atoms with E-state index in [1.807, 2.05) is 0 Å². The molecule has 0 N–H and O–H groups in total. The van der Waals surface area contributed by atoms with Crippen LogP contribution >= 0.6 is 0 Å². The lowest BCUT2D eigenvalue weighted by Crippen LogP contribution is -2.33. The fourth-order valence-electron chi connectivity index (χ4n) is 3.24. The zero-order chi connectivity index (χ0) is 15.5. The molecule has 0 atom stereocenters. The van der Waals surface area contributed by atoms with Crippen molar-refractivity contribution >= 4 is 11.0 Å². The molecule has 0 aliphatic carbocycles. The molecule has 4 nitrogen and oxygen atoms in total. The topological polar surface area (TPSA) is 44.9 Å². The number of likely N-dealkylation sites (tertiary alicyclic amines) is 1. The number of hydrogen-bond donors (Lipinski definition) is 0. The lowest BCUT2D eigenvalue weighted by molar-refractivity contribution is 0.179. The Morgan fingerprint density at radius 1 is 1.32 bits per heavy atom. The molecule has 1 saturated heterocycles. The number of rotatable bonds is 4. The summed E-state index contributed by atoms with van der Waals surface area (Å²) in [7, 11) is 0. The minimum atomic E-state index is 0.531. The van der Waals surface area contributed by atoms with Crippen LogP contribution in [0.5, 0.6) is 0 Å². The Labute approximate surface area is 132 Å². The van der Waals surface area contributed by atoms with Gasteiger partial charge in [0.1, 0.15) is 5.82 Å². The van der Waals surface area contributed by atoms with Crippen LogP contribution < -0.4 is 0 Å². The summed E-state index contributed by atoms with van der Waals surface area (Å²) in [5, 5.41) is 8.93. The van der Waals surface area contributed by atoms with Gasteiger partial charge in [0.2, 0.25) is 0 Å². The number of fused-ring (bicyclic) bond motifs is 1. The van der Waals surface area contributed by atoms with Gasteiger partial charge in [-0.25, -0.2) is 4.98 Å². The van der Waals surface area contributed by atoms with Crippen molar-refractivity contribution in [2.24, 2.45) is 5.92 Å². The molecular weight excluding hydrogens is 272 g/mol. The minimum Gasteiger partial charge on any atom is -0.326 e. The van der Waals surface area contributed by atoms with Crippen molar-refractivity contribution in [3.63, 3.8) is 0 Å². The quantitative estimate of drug-likeness (QED) is 0.867. The second-order valence-corrected chi connectivity index (χ2v) is 6.54. The van der Waals surface area contributed by atoms with Gasteiger partial charge in [0, 0.05) is 6.54 Å². The van der Waals surface area contributed by atoms with Crippen LogP contribution in [0.2, 0.25) is 0 Å². The second kappa shape index (κ2) is 6.50. The maximum absolute atomic E-state index is 8.93. The minimum absolute atomic E-state index is 0.531. The van der Waals surface area contributed by atoms with Crippen molar-refractivity contribution in [1.29, 1.82) is 5.26 Å². The maximum Gasteiger partial charge on any atom is 0.124 e. The van der Waals surface area contributed by atoms with Crippen molar-refractivity contribution in [3.05, 3.63) is 29.6 Å². The molecular formula is C18H24N4. The lowest BCUT2D eigenvalue weighted by Gasteiger charge is -2.29. The van der Waals surface area contributed by atoms with Crippen LogP contribution in [0.3, 0.4) is 0 Å². The molecule has 1 aromatic carbocycles. The van der Waals surface area contributed by atoms with Gasteiger partial charge >= 0.3 is 0 Å². The summed E-state index contributed by atoms with van der Waals surface area (Å²) >= 11 is 0. The maximum atomic E-state index is 8.93. The Balaban J connectivity index is 1.88. The Kier molecular flexibility index (Phi) is 4.44. The van der Waals surface area contributed by atoms with E-state index >= 15 is 0 Å². The van der Waals surface area contributed by atoms with Crippen LogP contribution in [0.1, 0.15) is 37.6 Å². The molecule has 0 unspecified atom stereocenters. The summed E-state index contributed by atoms with van der Waals surface area (Å²) in [5.74, 6) is 1.95. The van der Waals surface area contributed by atoms with Crippen molar-refractivity contribution in [2.75, 3.05) is 13.1 Å². The summed E-state index contributed by atoms with van der Waals surface area (Å²) < 4.78 is 2.23. The highest BCUT2D eigenvalue weighted by molar-refractivity contribution is 5.76. The summed E-state index contributed by atoms with van der Waals surface area (Å²) in [6.07, 6.45) is 3.08. The number of imidazole rings is 1. The van der Waals surface area contributed by atoms with Crippen molar-refractivity contribution in [1.82, 2.24) is 14.5 Å². The Hall–Kier alpha value is -1.86. The van der Waals surface area contributed by atoms with E-state index in [0.717, 1.165) is 49.0 Å². The van der Waals surface area contributed by atoms with Crippen LogP contribution in [0.15, 0.2) is 18.2 Å². The van der Waals surface area contributed by atoms with E-state index in [2.05, 4.69) is 47.6 Å². The predicted molar refractivity (Wildman–Crippen MR) is 88.4 cm³/mol. The standard InChI is InChI=1S/C18H24N4/c1-14-6-10-21(11-7-14)13-18-20-16-12-15(2)4-5-17(16)22(18)9-3-8-19/h4-5,12,14H,3,6-7,9-11,13H2,1-2H3. The molecule has 4 heteroatoms. The molecule has 0 spiro atoms. The molecule has 2 aromatic rings. The van der Waals surface area contributed by atoms with Gasteiger partial charge in [0.25, 0.3) is 0 Å². The summed E-state index contributed by atoms with van der Waals surface area (Å²) in [6, 6.07) is 8.66. The highest BCUT2D eigenvalue weighted by atomic mass is 15.2. The number of nitriles is 1. The second-order valence-electron chi connectivity index (χ2n) is 6.54. The number of aryl methyl sites for hydroxylation is 2. The smallest absolute Gasteiger partial charge is 0.124 e. The number of aromatic nitrogens is 2. The third kappa shape index (κ3) is 3.15. The molecule has 1 aliphatic heterocycles. The van der Waals surface area contributed by atoms with Gasteiger partial charge in [-0.15, -0.1) is 0 Å². The molecule has 1 aliphatic rings. The first-order valence-electron chi connectivity index (χ1n) is 8.22. The van der Waals surface area contributed by atoms with Gasteiger partial charge in [-0.1, -0.05) is 13.0 Å². The number of hydrogen-bond acceptors (Lipinski definition) is 3. The van der Waals surface area contributed by atoms with Crippen LogP contribution in [-0.4, -0.2) is 27.5 Å². The SMILES string of the molecule is Cc1ccc2c(c1)nc(CN1CCC(C)CC1)n2CCC#N. The van der Waals surface area contributed by atoms with Crippen LogP contribution in [0.4, 0.5) is 0 Å². The first-order valence-corrected chi connectivity index (χ1v) is 8.22. The average molecular weight is 296 g/mol. The highest BCUT2D eigenvalue weighted by Gasteiger charge is 2.19. The Morgan fingerprint density at radius 3 is 2.82 bits per heavy atom. The van der Waals surface area contributed by atoms with Crippen LogP contribution in [0, 0.1) is 24.2 Å². The first-order chi connectivity index (χ1) is 10.7. The average Bonchev–Trinajstić information content (AvgIpc) is 2.83. The summed E-state index contributed by atoms with van der Waals surface area (Å²) in [6.45, 7) is 8.37. The fourth-order valence-corrected chi connectivity index (χ4v) is 3.24. The zero-order valence-electron chi connectivity index (χ0n) is 13.5. The van der Waals surface area contributed by atoms with E-state index in [4.69, 9.17) is 10.2 Å². The third-order valence-corrected chi connectivity index (χ3v) is 4.67. The molecule has 116 valence electrons. The lowest BCUT2D eigenvalue weighted by atomic mass is 9.99. The van der Waals surface area contributed by atoms with Crippen molar-refractivity contribution in [2.45, 2.75) is 46.2 Å². The highest BCUT2D eigenvalue weighted by Crippen LogP contribution is 2.22. The number of benzene rings is 1. The van der Waals surface area contributed by atoms with E-state index < -0.39 is 0 Å². The fraction of sp³-hybridized carbons (Fsp3) is 0.556. The molecule has 0 amide bonds. The van der Waals surface area contributed by atoms with Gasteiger partial charge < -0.3 is 4.57 Å². The molecule has 22 heavy (non-hydrogen) atoms. The van der Waals surface area contributed by atoms with E-state index in [1.165, 1.54) is 18.4 Å². The van der Waals surface area contributed by atoms with Gasteiger partial charge in [-0.3, -0.25) is 4.90 Å². The molecule has 1 aromatic heterocycles. The van der Waals surface area contributed by atoms with Crippen LogP contribution in [0.25, 0.3) is 11.0 Å². The van der Waals surface area contributed by atoms with E-state index in [9.17, 15) is 0 Å². The van der Waals surface area contributed by atoms with Gasteiger partial charge in [0.05, 0.1) is 30.1 Å². The Morgan fingerprint density at radius 2 is 2.09 bits per heavy atom. The monoisotopic (exact) mass is 296 g/mol. The third-order valence-electron chi connectivity index (χ3n) is 4.67. The Bertz CT molecular complexity index is 687. The number of nitrogens with zero attached hydrogens (tertiary/aromatic N) is 4. The molecule has 1 fully saturated rings. The summed E-state index contributed by atoms with van der Waals surface area (Å²) in [5.41, 5.74) is 3.44. The molecule has 0 bridgehead atoms. The molecule has 0 radical (unpaired) electrons. The predicted octanol–water partition coefficient (Wildman–Crippen LogP) is 3.49. The van der Waals surface area contributed by atoms with Gasteiger partial charge in [0.15, 0.2) is 0 Å². The molecule has 0 saturated carbocycles. The largest absolute Gasteiger partial charge is 0.326 e. The zero-order valence-corrected chi connectivity index (χ0v) is 13.5.